The summed E-state index contributed by atoms with van der Waals surface area (Å²) in [6.45, 7) is 19.8. The molecule has 12 aromatic carbocycles. The van der Waals surface area contributed by atoms with Crippen LogP contribution in [-0.2, 0) is 0 Å². The van der Waals surface area contributed by atoms with Gasteiger partial charge in [-0.05, 0) is 96.5 Å². The number of benzene rings is 12. The molecule has 12 rings (SSSR count). The predicted octanol–water partition coefficient (Wildman–Crippen LogP) is 8.09. The van der Waals surface area contributed by atoms with E-state index in [1.165, 1.54) is 36.5 Å². The summed E-state index contributed by atoms with van der Waals surface area (Å²) < 4.78 is 449. The zero-order chi connectivity index (χ0) is 87.7. The predicted molar refractivity (Wildman–Crippen MR) is 377 cm³/mol. The number of hydrogen-bond donors (Lipinski definition) is 0. The molecular weight excluding hydrogens is 1910 g/mol. The van der Waals surface area contributed by atoms with E-state index >= 15 is 52.7 Å². The fraction of sp³-hybridized carbons (Fsp3) is 0.0952. The molecule has 0 fully saturated rings. The van der Waals surface area contributed by atoms with Crippen molar-refractivity contribution >= 4 is 68.1 Å². The Bertz CT molecular complexity index is 5010. The Labute approximate surface area is 713 Å². The second-order valence-electron chi connectivity index (χ2n) is 26.6. The molecule has 0 radical (unpaired) electrons. The zero-order valence-electron chi connectivity index (χ0n) is 62.2. The molecule has 0 spiro atoms. The van der Waals surface area contributed by atoms with Crippen molar-refractivity contribution in [3.05, 3.63) is 381 Å². The van der Waals surface area contributed by atoms with Crippen LogP contribution in [0.4, 0.5) is 132 Å². The van der Waals surface area contributed by atoms with Crippen molar-refractivity contribution < 1.29 is 216 Å². The molecule has 0 N–H and O–H groups in total. The smallest absolute Gasteiger partial charge is 1.00 e. The van der Waals surface area contributed by atoms with Crippen LogP contribution >= 0.6 is 0 Å². The molecule has 0 saturated heterocycles. The van der Waals surface area contributed by atoms with Crippen LogP contribution in [0.2, 0.25) is 0 Å². The standard InChI is InChI=1S/2C26H7BF15.2C16H18I.ClH.Na/c2*1-2-7-3-5-8(6-4-7)27(9-12(28)18(34)24(40)19(35)13(9)29,10-14(30)20(36)25(41)21(37)15(10)31)11-16(32)22(38)26(42)23(39)17(11)33;2*1-12(2)14-6-10-16(11-7-14)17-15-8-4-13(3)5-9-15;;/h2*2-6H,1H2;2*4-12H,1-3H3;1H;/q2*-1;2*+1;;+1/p-1. The molecule has 12 aromatic rings. The van der Waals surface area contributed by atoms with E-state index in [-0.39, 0.29) is 95.5 Å². The maximum Gasteiger partial charge on any atom is 1.00 e. The number of rotatable bonds is 16. The Hall–Kier alpha value is -9.10. The van der Waals surface area contributed by atoms with Gasteiger partial charge in [0.15, 0.2) is 119 Å². The van der Waals surface area contributed by atoms with Gasteiger partial charge in [-0.25, -0.2) is 132 Å². The molecule has 0 aliphatic carbocycles. The summed E-state index contributed by atoms with van der Waals surface area (Å²) in [5.41, 5.74) is -13.5. The fourth-order valence-corrected chi connectivity index (χ4v) is 17.3. The Balaban J connectivity index is 0.000000237. The summed E-state index contributed by atoms with van der Waals surface area (Å²) >= 11 is -0.0334. The van der Waals surface area contributed by atoms with Gasteiger partial charge in [-0.15, -0.1) is 32.8 Å². The van der Waals surface area contributed by atoms with Crippen LogP contribution in [0.15, 0.2) is 159 Å². The number of halogens is 33. The summed E-state index contributed by atoms with van der Waals surface area (Å²) in [5.74, 6) is -90.0. The maximum absolute atomic E-state index is 15.5. The van der Waals surface area contributed by atoms with Gasteiger partial charge in [0.2, 0.25) is 0 Å². The molecule has 0 saturated carbocycles. The van der Waals surface area contributed by atoms with Crippen molar-refractivity contribution in [2.45, 2.75) is 53.4 Å². The average molecular weight is 1960 g/mol. The van der Waals surface area contributed by atoms with E-state index in [4.69, 9.17) is 0 Å². The van der Waals surface area contributed by atoms with E-state index in [2.05, 4.69) is 152 Å². The van der Waals surface area contributed by atoms with Gasteiger partial charge in [-0.1, -0.05) is 161 Å². The van der Waals surface area contributed by atoms with E-state index in [1.807, 2.05) is 0 Å². The van der Waals surface area contributed by atoms with Gasteiger partial charge in [0.1, 0.15) is 82.1 Å². The third-order valence-corrected chi connectivity index (χ3v) is 24.3. The Morgan fingerprint density at radius 1 is 0.225 bits per heavy atom. The Morgan fingerprint density at radius 3 is 0.508 bits per heavy atom. The van der Waals surface area contributed by atoms with Gasteiger partial charge in [0.25, 0.3) is 0 Å². The second-order valence-corrected chi connectivity index (χ2v) is 32.6. The topological polar surface area (TPSA) is 0 Å². The van der Waals surface area contributed by atoms with Crippen LogP contribution in [-0.4, -0.2) is 12.3 Å². The molecule has 0 bridgehead atoms. The van der Waals surface area contributed by atoms with Crippen LogP contribution in [0.5, 0.6) is 0 Å². The third kappa shape index (κ3) is 18.3. The fourth-order valence-electron chi connectivity index (χ4n) is 13.0. The number of aryl methyl sites for hydroxylation is 2. The molecule has 0 heterocycles. The molecule has 0 aromatic heterocycles. The van der Waals surface area contributed by atoms with Crippen molar-refractivity contribution in [2.24, 2.45) is 0 Å². The Morgan fingerprint density at radius 2 is 0.367 bits per heavy atom. The van der Waals surface area contributed by atoms with Crippen molar-refractivity contribution in [2.75, 3.05) is 0 Å². The van der Waals surface area contributed by atoms with Gasteiger partial charge in [0.05, 0.1) is 0 Å². The minimum absolute atomic E-state index is 0. The molecule has 624 valence electrons. The maximum atomic E-state index is 15.5. The molecular formula is C84H50B2ClF30I2Na. The van der Waals surface area contributed by atoms with E-state index in [1.54, 1.807) is 0 Å². The molecule has 0 atom stereocenters. The van der Waals surface area contributed by atoms with E-state index in [0.717, 1.165) is 36.4 Å². The van der Waals surface area contributed by atoms with Gasteiger partial charge < -0.3 is 12.4 Å². The van der Waals surface area contributed by atoms with E-state index < -0.39 is 231 Å². The normalized spacial score (nSPS) is 11.3. The minimum atomic E-state index is -5.77. The average Bonchev–Trinajstić information content (AvgIpc) is 0.694. The molecule has 0 amide bonds. The van der Waals surface area contributed by atoms with Crippen LogP contribution in [0, 0.1) is 203 Å². The minimum Gasteiger partial charge on any atom is -1.00 e. The van der Waals surface area contributed by atoms with Crippen LogP contribution in [0.3, 0.4) is 0 Å². The summed E-state index contributed by atoms with van der Waals surface area (Å²) in [6.07, 6.45) is -9.53. The van der Waals surface area contributed by atoms with Crippen molar-refractivity contribution in [3.63, 3.8) is 0 Å². The van der Waals surface area contributed by atoms with E-state index in [0.29, 0.717) is 36.1 Å². The van der Waals surface area contributed by atoms with Crippen molar-refractivity contribution in [1.82, 2.24) is 0 Å². The first-order chi connectivity index (χ1) is 55.4. The molecule has 0 aliphatic heterocycles. The SMILES string of the molecule is C=Cc1ccc([B-](c2c(F)c(F)c(F)c(F)c2F)(c2c(F)c(F)c(F)c(F)c2F)c2c(F)c(F)c(F)c(F)c2F)cc1.C=Cc1ccc([B-](c2c(F)c(F)c(F)c(F)c2F)(c2c(F)c(F)c(F)c(F)c2F)c2c(F)c(F)c(F)c(F)c2F)cc1.Cc1ccc([I+]c2ccc(C(C)C)cc2)cc1.Cc1ccc([I+]c2ccc(C(C)C)cc2)cc1.[Cl-].[Na+]. The van der Waals surface area contributed by atoms with Crippen LogP contribution < -0.4 is 128 Å². The van der Waals surface area contributed by atoms with Crippen molar-refractivity contribution in [1.29, 1.82) is 0 Å². The first-order valence-electron chi connectivity index (χ1n) is 33.9. The summed E-state index contributed by atoms with van der Waals surface area (Å²) in [5, 5.41) is 0. The summed E-state index contributed by atoms with van der Waals surface area (Å²) in [6, 6.07) is 40.7. The first kappa shape index (κ1) is 98.0. The van der Waals surface area contributed by atoms with Gasteiger partial charge in [-0.3, -0.25) is 0 Å². The largest absolute Gasteiger partial charge is 1.00 e. The number of hydrogen-bond acceptors (Lipinski definition) is 0. The van der Waals surface area contributed by atoms with Gasteiger partial charge in [0, 0.05) is 0 Å². The summed E-state index contributed by atoms with van der Waals surface area (Å²) in [4.78, 5) is 0. The van der Waals surface area contributed by atoms with Gasteiger partial charge >= 0.3 is 72.0 Å². The molecule has 0 aliphatic rings. The van der Waals surface area contributed by atoms with Crippen molar-refractivity contribution in [3.8, 4) is 0 Å². The first-order valence-corrected chi connectivity index (χ1v) is 38.3. The zero-order valence-corrected chi connectivity index (χ0v) is 69.3. The quantitative estimate of drug-likeness (QED) is 0.0302. The monoisotopic (exact) mass is 1960 g/mol. The second kappa shape index (κ2) is 39.8. The molecule has 120 heavy (non-hydrogen) atoms. The van der Waals surface area contributed by atoms with E-state index in [9.17, 15) is 79.0 Å². The van der Waals surface area contributed by atoms with Crippen LogP contribution in [0.1, 0.15) is 72.9 Å². The van der Waals surface area contributed by atoms with Crippen LogP contribution in [0.25, 0.3) is 12.2 Å². The molecule has 36 heteroatoms. The molecule has 0 unspecified atom stereocenters. The Kier molecular flexibility index (Phi) is 32.5. The summed E-state index contributed by atoms with van der Waals surface area (Å²) in [7, 11) is 0. The molecule has 0 nitrogen and oxygen atoms in total. The third-order valence-electron chi connectivity index (χ3n) is 18.9. The van der Waals surface area contributed by atoms with Gasteiger partial charge in [-0.2, -0.15) is 10.9 Å².